The minimum atomic E-state index is -1.33. The number of rotatable bonds is 10. The third-order valence-electron chi connectivity index (χ3n) is 6.73. The molecule has 0 aliphatic carbocycles. The van der Waals surface area contributed by atoms with Crippen LogP contribution in [-0.4, -0.2) is 58.8 Å². The molecule has 2 rings (SSSR count). The first kappa shape index (κ1) is 31.6. The van der Waals surface area contributed by atoms with E-state index < -0.39 is 47.7 Å². The number of carbonyl (C=O) groups excluding carboxylic acids is 3. The van der Waals surface area contributed by atoms with E-state index in [0.29, 0.717) is 23.4 Å². The second-order valence-corrected chi connectivity index (χ2v) is 11.2. The Balaban J connectivity index is 2.62. The first-order valence-electron chi connectivity index (χ1n) is 13.1. The van der Waals surface area contributed by atoms with Crippen LogP contribution >= 0.6 is 0 Å². The van der Waals surface area contributed by atoms with Crippen molar-refractivity contribution >= 4 is 23.6 Å². The summed E-state index contributed by atoms with van der Waals surface area (Å²) in [5.74, 6) is -0.398. The summed E-state index contributed by atoms with van der Waals surface area (Å²) < 4.78 is 10.5. The number of alkyl carbamates (subject to hydrolysis) is 1. The van der Waals surface area contributed by atoms with E-state index in [1.54, 1.807) is 52.1 Å². The van der Waals surface area contributed by atoms with Gasteiger partial charge in [0.1, 0.15) is 23.4 Å². The topological polar surface area (TPSA) is 117 Å². The fourth-order valence-corrected chi connectivity index (χ4v) is 4.10. The molecular formula is C30H43N3O6. The van der Waals surface area contributed by atoms with Crippen LogP contribution in [0.1, 0.15) is 70.7 Å². The molecule has 39 heavy (non-hydrogen) atoms. The lowest BCUT2D eigenvalue weighted by Gasteiger charge is -2.44. The van der Waals surface area contributed by atoms with E-state index in [1.165, 1.54) is 4.90 Å². The van der Waals surface area contributed by atoms with Crippen molar-refractivity contribution < 1.29 is 29.0 Å². The Bertz CT molecular complexity index is 1150. The maximum atomic E-state index is 14.1. The van der Waals surface area contributed by atoms with Crippen LogP contribution in [0.4, 0.5) is 10.5 Å². The first-order valence-corrected chi connectivity index (χ1v) is 13.1. The van der Waals surface area contributed by atoms with Gasteiger partial charge in [0, 0.05) is 11.2 Å². The molecule has 0 aromatic heterocycles. The van der Waals surface area contributed by atoms with Crippen LogP contribution in [-0.2, 0) is 14.3 Å². The summed E-state index contributed by atoms with van der Waals surface area (Å²) in [6.45, 7) is 13.9. The van der Waals surface area contributed by atoms with E-state index >= 15 is 0 Å². The predicted molar refractivity (Wildman–Crippen MR) is 152 cm³/mol. The highest BCUT2D eigenvalue weighted by Crippen LogP contribution is 2.35. The van der Waals surface area contributed by atoms with Crippen molar-refractivity contribution in [2.24, 2.45) is 0 Å². The molecule has 0 heterocycles. The van der Waals surface area contributed by atoms with Crippen LogP contribution in [0.25, 0.3) is 0 Å². The van der Waals surface area contributed by atoms with Crippen LogP contribution in [0.2, 0.25) is 0 Å². The summed E-state index contributed by atoms with van der Waals surface area (Å²) >= 11 is 0. The number of hydrogen-bond acceptors (Lipinski definition) is 6. The number of anilines is 1. The molecule has 2 unspecified atom stereocenters. The molecule has 0 aliphatic rings. The molecule has 0 aliphatic heterocycles. The largest absolute Gasteiger partial charge is 0.497 e. The summed E-state index contributed by atoms with van der Waals surface area (Å²) in [6.07, 6.45) is -0.337. The number of nitrogens with zero attached hydrogens (tertiary/aromatic N) is 1. The zero-order valence-electron chi connectivity index (χ0n) is 24.5. The molecule has 0 spiro atoms. The van der Waals surface area contributed by atoms with Gasteiger partial charge in [0.25, 0.3) is 5.91 Å². The number of methoxy groups -OCH3 is 1. The minimum Gasteiger partial charge on any atom is -0.497 e. The zero-order chi connectivity index (χ0) is 29.5. The second-order valence-electron chi connectivity index (χ2n) is 11.2. The molecule has 0 saturated carbocycles. The second kappa shape index (κ2) is 13.0. The van der Waals surface area contributed by atoms with Crippen molar-refractivity contribution in [3.05, 3.63) is 59.2 Å². The van der Waals surface area contributed by atoms with Gasteiger partial charge in [-0.05, 0) is 95.8 Å². The van der Waals surface area contributed by atoms with Gasteiger partial charge in [-0.3, -0.25) is 9.59 Å². The Morgan fingerprint density at radius 3 is 2.13 bits per heavy atom. The van der Waals surface area contributed by atoms with Crippen molar-refractivity contribution in [3.63, 3.8) is 0 Å². The van der Waals surface area contributed by atoms with Crippen molar-refractivity contribution in [2.75, 3.05) is 19.0 Å². The van der Waals surface area contributed by atoms with Gasteiger partial charge < -0.3 is 30.1 Å². The van der Waals surface area contributed by atoms with Crippen molar-refractivity contribution in [3.8, 4) is 5.75 Å². The number of amides is 3. The molecule has 2 atom stereocenters. The highest BCUT2D eigenvalue weighted by atomic mass is 16.6. The number of aliphatic hydroxyl groups is 1. The summed E-state index contributed by atoms with van der Waals surface area (Å²) in [5, 5.41) is 15.6. The zero-order valence-corrected chi connectivity index (χ0v) is 24.5. The van der Waals surface area contributed by atoms with Gasteiger partial charge in [-0.2, -0.15) is 0 Å². The average molecular weight is 542 g/mol. The number of hydrogen-bond donors (Lipinski definition) is 3. The lowest BCUT2D eigenvalue weighted by atomic mass is 9.89. The Morgan fingerprint density at radius 1 is 1.00 bits per heavy atom. The van der Waals surface area contributed by atoms with Crippen LogP contribution < -0.4 is 15.4 Å². The van der Waals surface area contributed by atoms with E-state index in [0.717, 1.165) is 11.1 Å². The third kappa shape index (κ3) is 8.20. The number of nitrogens with one attached hydrogen (secondary N) is 2. The Kier molecular flexibility index (Phi) is 10.5. The van der Waals surface area contributed by atoms with E-state index in [2.05, 4.69) is 10.6 Å². The van der Waals surface area contributed by atoms with Gasteiger partial charge in [0.05, 0.1) is 13.7 Å². The molecule has 3 amide bonds. The van der Waals surface area contributed by atoms with E-state index in [1.807, 2.05) is 52.8 Å². The van der Waals surface area contributed by atoms with Gasteiger partial charge in [0.2, 0.25) is 5.91 Å². The number of benzene rings is 2. The molecule has 9 nitrogen and oxygen atoms in total. The number of ether oxygens (including phenoxy) is 2. The van der Waals surface area contributed by atoms with Crippen molar-refractivity contribution in [2.45, 2.75) is 85.0 Å². The third-order valence-corrected chi connectivity index (χ3v) is 6.73. The molecule has 0 radical (unpaired) electrons. The van der Waals surface area contributed by atoms with Gasteiger partial charge in [-0.25, -0.2) is 4.79 Å². The minimum absolute atomic E-state index is 0.433. The highest BCUT2D eigenvalue weighted by molar-refractivity contribution is 5.99. The Hall–Kier alpha value is -3.59. The lowest BCUT2D eigenvalue weighted by molar-refractivity contribution is -0.148. The van der Waals surface area contributed by atoms with Gasteiger partial charge in [-0.15, -0.1) is 0 Å². The molecule has 2 aromatic rings. The lowest BCUT2D eigenvalue weighted by Crippen LogP contribution is -2.59. The van der Waals surface area contributed by atoms with Gasteiger partial charge in [-0.1, -0.05) is 25.1 Å². The average Bonchev–Trinajstić information content (AvgIpc) is 2.86. The quantitative estimate of drug-likeness (QED) is 0.394. The van der Waals surface area contributed by atoms with Gasteiger partial charge in [0.15, 0.2) is 0 Å². The van der Waals surface area contributed by atoms with Crippen molar-refractivity contribution in [1.82, 2.24) is 10.2 Å². The van der Waals surface area contributed by atoms with E-state index in [4.69, 9.17) is 9.47 Å². The molecule has 2 aromatic carbocycles. The fourth-order valence-electron chi connectivity index (χ4n) is 4.10. The summed E-state index contributed by atoms with van der Waals surface area (Å²) in [4.78, 5) is 42.2. The van der Waals surface area contributed by atoms with Crippen LogP contribution in [0.3, 0.4) is 0 Å². The summed E-state index contributed by atoms with van der Waals surface area (Å²) in [6, 6.07) is 10.1. The normalized spacial score (nSPS) is 13.2. The SMILES string of the molecule is CCC(C)(C)N(C(=O)C(CO)NC(=O)OC(C)(C)C)C(C(=O)Nc1ccc(OC)cc1)c1cccc(C)c1C. The smallest absolute Gasteiger partial charge is 0.408 e. The van der Waals surface area contributed by atoms with Crippen LogP contribution in [0.15, 0.2) is 42.5 Å². The van der Waals surface area contributed by atoms with Gasteiger partial charge >= 0.3 is 6.09 Å². The van der Waals surface area contributed by atoms with E-state index in [-0.39, 0.29) is 0 Å². The monoisotopic (exact) mass is 541 g/mol. The number of aliphatic hydroxyl groups excluding tert-OH is 1. The molecular weight excluding hydrogens is 498 g/mol. The highest BCUT2D eigenvalue weighted by Gasteiger charge is 2.43. The molecule has 3 N–H and O–H groups in total. The maximum absolute atomic E-state index is 14.1. The molecule has 9 heteroatoms. The van der Waals surface area contributed by atoms with Crippen LogP contribution in [0.5, 0.6) is 5.75 Å². The number of carbonyl (C=O) groups is 3. The van der Waals surface area contributed by atoms with Crippen LogP contribution in [0, 0.1) is 13.8 Å². The molecule has 0 saturated heterocycles. The Labute approximate surface area is 231 Å². The predicted octanol–water partition coefficient (Wildman–Crippen LogP) is 4.89. The summed E-state index contributed by atoms with van der Waals surface area (Å²) in [5.41, 5.74) is 1.36. The molecule has 0 bridgehead atoms. The molecule has 0 fully saturated rings. The van der Waals surface area contributed by atoms with Crippen molar-refractivity contribution in [1.29, 1.82) is 0 Å². The summed E-state index contributed by atoms with van der Waals surface area (Å²) in [7, 11) is 1.56. The molecule has 214 valence electrons. The fraction of sp³-hybridized carbons (Fsp3) is 0.500. The number of aryl methyl sites for hydroxylation is 1. The first-order chi connectivity index (χ1) is 18.1. The maximum Gasteiger partial charge on any atom is 0.408 e. The van der Waals surface area contributed by atoms with E-state index in [9.17, 15) is 19.5 Å². The Morgan fingerprint density at radius 2 is 1.62 bits per heavy atom. The standard InChI is InChI=1S/C30H43N3O6/c1-10-30(7,8)33(27(36)24(18-34)32-28(37)39-29(4,5)6)25(23-13-11-12-19(2)20(23)3)26(35)31-21-14-16-22(38-9)17-15-21/h11-17,24-25,34H,10,18H2,1-9H3,(H,31,35)(H,32,37).